The first kappa shape index (κ1) is 15.8. The summed E-state index contributed by atoms with van der Waals surface area (Å²) in [4.78, 5) is 19.0. The Morgan fingerprint density at radius 3 is 2.81 bits per heavy atom. The van der Waals surface area contributed by atoms with Crippen LogP contribution in [-0.2, 0) is 0 Å². The molecule has 0 spiro atoms. The number of nitrogens with one attached hydrogen (secondary N) is 1. The second-order valence-electron chi connectivity index (χ2n) is 5.64. The Morgan fingerprint density at radius 2 is 2.00 bits per heavy atom. The summed E-state index contributed by atoms with van der Waals surface area (Å²) in [6.07, 6.45) is 1.89. The number of anilines is 3. The van der Waals surface area contributed by atoms with Gasteiger partial charge < -0.3 is 15.5 Å². The minimum Gasteiger partial charge on any atom is -0.456 e. The fourth-order valence-electron chi connectivity index (χ4n) is 2.67. The zero-order valence-corrected chi connectivity index (χ0v) is 13.4. The highest BCUT2D eigenvalue weighted by Crippen LogP contribution is 2.31. The molecule has 0 unspecified atom stereocenters. The molecule has 128 valence electrons. The van der Waals surface area contributed by atoms with Crippen molar-refractivity contribution < 1.29 is 13.6 Å². The maximum Gasteiger partial charge on any atom is 0.157 e. The molecule has 0 amide bonds. The van der Waals surface area contributed by atoms with E-state index in [1.807, 2.05) is 12.1 Å². The van der Waals surface area contributed by atoms with E-state index in [9.17, 15) is 9.18 Å². The van der Waals surface area contributed by atoms with Crippen LogP contribution in [0.25, 0.3) is 22.3 Å². The summed E-state index contributed by atoms with van der Waals surface area (Å²) in [7, 11) is 0. The van der Waals surface area contributed by atoms with Crippen molar-refractivity contribution in [1.29, 1.82) is 0 Å². The Morgan fingerprint density at radius 1 is 1.12 bits per heavy atom. The largest absolute Gasteiger partial charge is 0.456 e. The molecule has 0 fully saturated rings. The Kier molecular flexibility index (Phi) is 3.81. The molecular weight excluding hydrogens is 335 g/mol. The minimum absolute atomic E-state index is 0.107. The molecule has 2 heterocycles. The fraction of sp³-hybridized carbons (Fsp3) is 0. The number of hydrogen-bond donors (Lipinski definition) is 2. The topological polar surface area (TPSA) is 94.0 Å². The predicted molar refractivity (Wildman–Crippen MR) is 96.7 cm³/mol. The maximum absolute atomic E-state index is 13.4. The number of fused-ring (bicyclic) bond motifs is 1. The average molecular weight is 348 g/mol. The first-order chi connectivity index (χ1) is 12.6. The van der Waals surface area contributed by atoms with Gasteiger partial charge >= 0.3 is 0 Å². The molecule has 7 heteroatoms. The summed E-state index contributed by atoms with van der Waals surface area (Å²) < 4.78 is 19.2. The van der Waals surface area contributed by atoms with Gasteiger partial charge in [-0.25, -0.2) is 14.4 Å². The summed E-state index contributed by atoms with van der Waals surface area (Å²) in [6.45, 7) is 0. The molecular formula is C19H13FN4O2. The van der Waals surface area contributed by atoms with Crippen LogP contribution in [0.1, 0.15) is 10.4 Å². The van der Waals surface area contributed by atoms with E-state index in [0.29, 0.717) is 34.7 Å². The molecule has 0 aliphatic heterocycles. The minimum atomic E-state index is -0.326. The summed E-state index contributed by atoms with van der Waals surface area (Å²) in [5.41, 5.74) is 7.90. The molecule has 4 aromatic rings. The van der Waals surface area contributed by atoms with Gasteiger partial charge in [-0.1, -0.05) is 12.1 Å². The van der Waals surface area contributed by atoms with E-state index in [2.05, 4.69) is 15.3 Å². The molecule has 26 heavy (non-hydrogen) atoms. The van der Waals surface area contributed by atoms with Crippen LogP contribution >= 0.6 is 0 Å². The van der Waals surface area contributed by atoms with Crippen LogP contribution in [0.4, 0.5) is 21.7 Å². The molecule has 4 rings (SSSR count). The van der Waals surface area contributed by atoms with Gasteiger partial charge in [0.15, 0.2) is 6.29 Å². The van der Waals surface area contributed by atoms with Crippen molar-refractivity contribution in [1.82, 2.24) is 9.97 Å². The van der Waals surface area contributed by atoms with Gasteiger partial charge in [-0.3, -0.25) is 4.79 Å². The molecule has 0 bridgehead atoms. The molecule has 0 aliphatic rings. The van der Waals surface area contributed by atoms with Gasteiger partial charge in [0, 0.05) is 16.6 Å². The molecule has 0 radical (unpaired) electrons. The van der Waals surface area contributed by atoms with Gasteiger partial charge in [-0.15, -0.1) is 0 Å². The molecule has 0 aliphatic carbocycles. The van der Waals surface area contributed by atoms with E-state index in [4.69, 9.17) is 10.2 Å². The van der Waals surface area contributed by atoms with E-state index in [1.54, 1.807) is 24.3 Å². The van der Waals surface area contributed by atoms with Gasteiger partial charge in [-0.2, -0.15) is 0 Å². The highest BCUT2D eigenvalue weighted by Gasteiger charge is 2.11. The number of aldehydes is 1. The summed E-state index contributed by atoms with van der Waals surface area (Å²) in [5.74, 6) is 0.667. The molecule has 3 N–H and O–H groups in total. The van der Waals surface area contributed by atoms with Crippen molar-refractivity contribution in [2.75, 3.05) is 11.1 Å². The smallest absolute Gasteiger partial charge is 0.157 e. The van der Waals surface area contributed by atoms with Crippen molar-refractivity contribution >= 4 is 34.6 Å². The van der Waals surface area contributed by atoms with Crippen molar-refractivity contribution in [2.45, 2.75) is 0 Å². The number of nitrogen functional groups attached to an aromatic ring is 1. The third kappa shape index (κ3) is 2.86. The molecule has 0 atom stereocenters. The standard InChI is InChI=1S/C19H13FN4O2/c20-13-3-1-2-11(6-13)17-8-12-7-14(4-5-16(12)26-17)24-19-15(9-25)18(21)22-10-23-19/h1-10H,(H3,21,22,23,24). The second kappa shape index (κ2) is 6.29. The number of carbonyl (C=O) groups excluding carboxylic acids is 1. The summed E-state index contributed by atoms with van der Waals surface area (Å²) >= 11 is 0. The van der Waals surface area contributed by atoms with Crippen LogP contribution in [-0.4, -0.2) is 16.3 Å². The van der Waals surface area contributed by atoms with Crippen LogP contribution in [0, 0.1) is 5.82 Å². The lowest BCUT2D eigenvalue weighted by atomic mass is 10.1. The quantitative estimate of drug-likeness (QED) is 0.538. The van der Waals surface area contributed by atoms with E-state index in [1.165, 1.54) is 18.5 Å². The molecule has 0 saturated heterocycles. The zero-order valence-electron chi connectivity index (χ0n) is 13.4. The third-order valence-electron chi connectivity index (χ3n) is 3.92. The van der Waals surface area contributed by atoms with Gasteiger partial charge in [-0.05, 0) is 36.4 Å². The van der Waals surface area contributed by atoms with Crippen LogP contribution in [0.3, 0.4) is 0 Å². The monoisotopic (exact) mass is 348 g/mol. The lowest BCUT2D eigenvalue weighted by Crippen LogP contribution is -2.04. The van der Waals surface area contributed by atoms with Crippen LogP contribution in [0.2, 0.25) is 0 Å². The number of benzene rings is 2. The Hall–Kier alpha value is -3.74. The summed E-state index contributed by atoms with van der Waals surface area (Å²) in [5, 5.41) is 3.87. The number of furan rings is 1. The van der Waals surface area contributed by atoms with Crippen LogP contribution in [0.5, 0.6) is 0 Å². The average Bonchev–Trinajstić information content (AvgIpc) is 3.05. The lowest BCUT2D eigenvalue weighted by molar-refractivity contribution is 0.112. The van der Waals surface area contributed by atoms with Crippen LogP contribution in [0.15, 0.2) is 59.3 Å². The second-order valence-corrected chi connectivity index (χ2v) is 5.64. The fourth-order valence-corrected chi connectivity index (χ4v) is 2.67. The van der Waals surface area contributed by atoms with E-state index >= 15 is 0 Å². The normalized spacial score (nSPS) is 10.8. The summed E-state index contributed by atoms with van der Waals surface area (Å²) in [6, 6.07) is 13.4. The van der Waals surface area contributed by atoms with Gasteiger partial charge in [0.1, 0.15) is 35.1 Å². The number of nitrogens with two attached hydrogens (primary N) is 1. The number of halogens is 1. The van der Waals surface area contributed by atoms with Crippen LogP contribution < -0.4 is 11.1 Å². The molecule has 0 saturated carbocycles. The first-order valence-corrected chi connectivity index (χ1v) is 7.76. The van der Waals surface area contributed by atoms with Gasteiger partial charge in [0.25, 0.3) is 0 Å². The van der Waals surface area contributed by atoms with Crippen molar-refractivity contribution in [3.8, 4) is 11.3 Å². The first-order valence-electron chi connectivity index (χ1n) is 7.76. The SMILES string of the molecule is Nc1ncnc(Nc2ccc3oc(-c4cccc(F)c4)cc3c2)c1C=O. The highest BCUT2D eigenvalue weighted by molar-refractivity contribution is 5.91. The van der Waals surface area contributed by atoms with E-state index in [-0.39, 0.29) is 17.2 Å². The Balaban J connectivity index is 1.70. The van der Waals surface area contributed by atoms with Crippen molar-refractivity contribution in [3.63, 3.8) is 0 Å². The predicted octanol–water partition coefficient (Wildman–Crippen LogP) is 4.17. The molecule has 2 aromatic heterocycles. The maximum atomic E-state index is 13.4. The number of hydrogen-bond acceptors (Lipinski definition) is 6. The number of rotatable bonds is 4. The van der Waals surface area contributed by atoms with E-state index < -0.39 is 0 Å². The van der Waals surface area contributed by atoms with Gasteiger partial charge in [0.2, 0.25) is 0 Å². The molecule has 6 nitrogen and oxygen atoms in total. The lowest BCUT2D eigenvalue weighted by Gasteiger charge is -2.08. The number of aromatic nitrogens is 2. The van der Waals surface area contributed by atoms with Gasteiger partial charge in [0.05, 0.1) is 5.56 Å². The van der Waals surface area contributed by atoms with E-state index in [0.717, 1.165) is 5.39 Å². The number of nitrogens with zero attached hydrogens (tertiary/aromatic N) is 2. The number of carbonyl (C=O) groups is 1. The Bertz CT molecular complexity index is 1120. The third-order valence-corrected chi connectivity index (χ3v) is 3.92. The van der Waals surface area contributed by atoms with Crippen molar-refractivity contribution in [2.24, 2.45) is 0 Å². The van der Waals surface area contributed by atoms with Crippen molar-refractivity contribution in [3.05, 3.63) is 66.2 Å². The highest BCUT2D eigenvalue weighted by atomic mass is 19.1. The zero-order chi connectivity index (χ0) is 18.1. The Labute approximate surface area is 147 Å². The molecule has 2 aromatic carbocycles.